The minimum Gasteiger partial charge on any atom is -0.378 e. The molecular weight excluding hydrogens is 380 g/mol. The first kappa shape index (κ1) is 16.3. The summed E-state index contributed by atoms with van der Waals surface area (Å²) >= 11 is 9.51. The van der Waals surface area contributed by atoms with E-state index in [2.05, 4.69) is 26.1 Å². The quantitative estimate of drug-likeness (QED) is 0.847. The highest BCUT2D eigenvalue weighted by atomic mass is 79.9. The summed E-state index contributed by atoms with van der Waals surface area (Å²) in [7, 11) is 0. The van der Waals surface area contributed by atoms with Gasteiger partial charge < -0.3 is 15.0 Å². The molecular formula is C17H16BrClN2O2. The molecule has 0 spiro atoms. The third-order valence-corrected chi connectivity index (χ3v) is 4.51. The summed E-state index contributed by atoms with van der Waals surface area (Å²) in [5, 5.41) is 3.43. The van der Waals surface area contributed by atoms with Crippen molar-refractivity contribution in [2.75, 3.05) is 36.5 Å². The van der Waals surface area contributed by atoms with E-state index in [4.69, 9.17) is 16.3 Å². The van der Waals surface area contributed by atoms with Crippen LogP contribution < -0.4 is 10.2 Å². The van der Waals surface area contributed by atoms with E-state index in [0.717, 1.165) is 42.2 Å². The number of nitrogens with one attached hydrogen (secondary N) is 1. The lowest BCUT2D eigenvalue weighted by Crippen LogP contribution is -2.36. The molecule has 23 heavy (non-hydrogen) atoms. The molecule has 1 amide bonds. The number of amides is 1. The summed E-state index contributed by atoms with van der Waals surface area (Å²) in [6.07, 6.45) is 0. The zero-order valence-electron chi connectivity index (χ0n) is 12.4. The third-order valence-electron chi connectivity index (χ3n) is 3.64. The number of benzene rings is 2. The number of nitrogens with zero attached hydrogens (tertiary/aromatic N) is 1. The number of carbonyl (C=O) groups is 1. The topological polar surface area (TPSA) is 41.6 Å². The van der Waals surface area contributed by atoms with Crippen LogP contribution in [0.15, 0.2) is 46.9 Å². The average molecular weight is 396 g/mol. The molecule has 1 heterocycles. The Balaban J connectivity index is 1.73. The third kappa shape index (κ3) is 4.05. The molecule has 2 aromatic carbocycles. The molecule has 1 saturated heterocycles. The standard InChI is InChI=1S/C17H16BrClN2O2/c18-15-11-14(4-5-16(15)21-6-8-23-9-7-21)20-17(22)12-2-1-3-13(19)10-12/h1-5,10-11H,6-9H2,(H,20,22). The van der Waals surface area contributed by atoms with E-state index in [-0.39, 0.29) is 5.91 Å². The molecule has 1 aliphatic rings. The molecule has 0 radical (unpaired) electrons. The number of anilines is 2. The number of hydrogen-bond donors (Lipinski definition) is 1. The van der Waals surface area contributed by atoms with Crippen molar-refractivity contribution in [1.29, 1.82) is 0 Å². The Kier molecular flexibility index (Phi) is 5.20. The summed E-state index contributed by atoms with van der Waals surface area (Å²) in [5.41, 5.74) is 2.37. The maximum absolute atomic E-state index is 12.3. The lowest BCUT2D eigenvalue weighted by atomic mass is 10.2. The average Bonchev–Trinajstić information content (AvgIpc) is 2.56. The van der Waals surface area contributed by atoms with Gasteiger partial charge in [0.25, 0.3) is 5.91 Å². The molecule has 2 aromatic rings. The second-order valence-electron chi connectivity index (χ2n) is 5.23. The van der Waals surface area contributed by atoms with Crippen molar-refractivity contribution in [3.8, 4) is 0 Å². The Morgan fingerprint density at radius 2 is 1.96 bits per heavy atom. The van der Waals surface area contributed by atoms with E-state index in [1.165, 1.54) is 0 Å². The molecule has 0 unspecified atom stereocenters. The van der Waals surface area contributed by atoms with Crippen molar-refractivity contribution in [3.05, 3.63) is 57.5 Å². The number of rotatable bonds is 3. The van der Waals surface area contributed by atoms with Crippen LogP contribution in [-0.4, -0.2) is 32.2 Å². The molecule has 0 atom stereocenters. The smallest absolute Gasteiger partial charge is 0.255 e. The van der Waals surface area contributed by atoms with Gasteiger partial charge in [0.05, 0.1) is 18.9 Å². The van der Waals surface area contributed by atoms with Gasteiger partial charge in [0.15, 0.2) is 0 Å². The number of morpholine rings is 1. The van der Waals surface area contributed by atoms with Gasteiger partial charge in [-0.15, -0.1) is 0 Å². The number of halogens is 2. The lowest BCUT2D eigenvalue weighted by Gasteiger charge is -2.29. The first-order valence-electron chi connectivity index (χ1n) is 7.32. The fraction of sp³-hybridized carbons (Fsp3) is 0.235. The SMILES string of the molecule is O=C(Nc1ccc(N2CCOCC2)c(Br)c1)c1cccc(Cl)c1. The van der Waals surface area contributed by atoms with E-state index in [1.54, 1.807) is 24.3 Å². The molecule has 0 aliphatic carbocycles. The normalized spacial score (nSPS) is 14.6. The maximum atomic E-state index is 12.3. The summed E-state index contributed by atoms with van der Waals surface area (Å²) in [6.45, 7) is 3.21. The number of hydrogen-bond acceptors (Lipinski definition) is 3. The predicted molar refractivity (Wildman–Crippen MR) is 96.6 cm³/mol. The maximum Gasteiger partial charge on any atom is 0.255 e. The fourth-order valence-electron chi connectivity index (χ4n) is 2.48. The fourth-order valence-corrected chi connectivity index (χ4v) is 3.30. The number of ether oxygens (including phenoxy) is 1. The summed E-state index contributed by atoms with van der Waals surface area (Å²) in [5.74, 6) is -0.182. The van der Waals surface area contributed by atoms with Gasteiger partial charge in [-0.2, -0.15) is 0 Å². The Labute approximate surface area is 148 Å². The van der Waals surface area contributed by atoms with Crippen molar-refractivity contribution in [3.63, 3.8) is 0 Å². The van der Waals surface area contributed by atoms with Crippen molar-refractivity contribution in [2.24, 2.45) is 0 Å². The van der Waals surface area contributed by atoms with Gasteiger partial charge >= 0.3 is 0 Å². The van der Waals surface area contributed by atoms with Crippen molar-refractivity contribution in [2.45, 2.75) is 0 Å². The van der Waals surface area contributed by atoms with Crippen LogP contribution in [0, 0.1) is 0 Å². The summed E-state index contributed by atoms with van der Waals surface area (Å²) in [6, 6.07) is 12.7. The zero-order valence-corrected chi connectivity index (χ0v) is 14.7. The molecule has 3 rings (SSSR count). The van der Waals surface area contributed by atoms with Gasteiger partial charge in [-0.25, -0.2) is 0 Å². The van der Waals surface area contributed by atoms with Crippen LogP contribution in [0.5, 0.6) is 0 Å². The molecule has 0 bridgehead atoms. The van der Waals surface area contributed by atoms with Crippen LogP contribution in [0.1, 0.15) is 10.4 Å². The second-order valence-corrected chi connectivity index (χ2v) is 6.52. The minimum atomic E-state index is -0.182. The Hall–Kier alpha value is -1.56. The molecule has 0 aromatic heterocycles. The molecule has 1 aliphatic heterocycles. The second kappa shape index (κ2) is 7.34. The largest absolute Gasteiger partial charge is 0.378 e. The van der Waals surface area contributed by atoms with Crippen LogP contribution >= 0.6 is 27.5 Å². The highest BCUT2D eigenvalue weighted by Gasteiger charge is 2.15. The lowest BCUT2D eigenvalue weighted by molar-refractivity contribution is 0.102. The molecule has 4 nitrogen and oxygen atoms in total. The highest BCUT2D eigenvalue weighted by molar-refractivity contribution is 9.10. The van der Waals surface area contributed by atoms with Gasteiger partial charge in [-0.05, 0) is 52.3 Å². The summed E-state index contributed by atoms with van der Waals surface area (Å²) < 4.78 is 6.32. The van der Waals surface area contributed by atoms with Gasteiger partial charge in [0.2, 0.25) is 0 Å². The first-order chi connectivity index (χ1) is 11.1. The van der Waals surface area contributed by atoms with E-state index in [0.29, 0.717) is 10.6 Å². The van der Waals surface area contributed by atoms with Gasteiger partial charge in [0.1, 0.15) is 0 Å². The number of carbonyl (C=O) groups excluding carboxylic acids is 1. The minimum absolute atomic E-state index is 0.182. The van der Waals surface area contributed by atoms with E-state index >= 15 is 0 Å². The molecule has 0 saturated carbocycles. The molecule has 6 heteroatoms. The first-order valence-corrected chi connectivity index (χ1v) is 8.50. The van der Waals surface area contributed by atoms with Crippen LogP contribution in [0.3, 0.4) is 0 Å². The Bertz CT molecular complexity index is 717. The van der Waals surface area contributed by atoms with Crippen LogP contribution in [0.25, 0.3) is 0 Å². The molecule has 120 valence electrons. The van der Waals surface area contributed by atoms with E-state index < -0.39 is 0 Å². The van der Waals surface area contributed by atoms with Crippen molar-refractivity contribution < 1.29 is 9.53 Å². The van der Waals surface area contributed by atoms with Crippen molar-refractivity contribution >= 4 is 44.8 Å². The highest BCUT2D eigenvalue weighted by Crippen LogP contribution is 2.30. The van der Waals surface area contributed by atoms with E-state index in [9.17, 15) is 4.79 Å². The predicted octanol–water partition coefficient (Wildman–Crippen LogP) is 4.19. The monoisotopic (exact) mass is 394 g/mol. The van der Waals surface area contributed by atoms with Crippen LogP contribution in [-0.2, 0) is 4.74 Å². The zero-order chi connectivity index (χ0) is 16.2. The molecule has 1 N–H and O–H groups in total. The van der Waals surface area contributed by atoms with Crippen LogP contribution in [0.2, 0.25) is 5.02 Å². The summed E-state index contributed by atoms with van der Waals surface area (Å²) in [4.78, 5) is 14.5. The van der Waals surface area contributed by atoms with Gasteiger partial charge in [-0.3, -0.25) is 4.79 Å². The van der Waals surface area contributed by atoms with Crippen molar-refractivity contribution in [1.82, 2.24) is 0 Å². The van der Waals surface area contributed by atoms with Gasteiger partial charge in [0, 0.05) is 33.8 Å². The van der Waals surface area contributed by atoms with Gasteiger partial charge in [-0.1, -0.05) is 17.7 Å². The Morgan fingerprint density at radius 3 is 2.65 bits per heavy atom. The molecule has 1 fully saturated rings. The van der Waals surface area contributed by atoms with E-state index in [1.807, 2.05) is 18.2 Å². The Morgan fingerprint density at radius 1 is 1.17 bits per heavy atom. The van der Waals surface area contributed by atoms with Crippen LogP contribution in [0.4, 0.5) is 11.4 Å².